The number of hydrogen-bond acceptors (Lipinski definition) is 6. The number of nitrogens with zero attached hydrogens (tertiary/aromatic N) is 2. The first-order valence-electron chi connectivity index (χ1n) is 9.52. The number of imide groups is 1. The van der Waals surface area contributed by atoms with Gasteiger partial charge in [0.2, 0.25) is 0 Å². The van der Waals surface area contributed by atoms with E-state index in [2.05, 4.69) is 11.8 Å². The second-order valence-corrected chi connectivity index (χ2v) is 7.73. The summed E-state index contributed by atoms with van der Waals surface area (Å²) in [4.78, 5) is 51.5. The Hall–Kier alpha value is -3.57. The van der Waals surface area contributed by atoms with Gasteiger partial charge in [0.15, 0.2) is 6.10 Å². The maximum absolute atomic E-state index is 12.9. The maximum Gasteiger partial charge on any atom is 0.303 e. The van der Waals surface area contributed by atoms with E-state index in [1.807, 2.05) is 18.2 Å². The smallest absolute Gasteiger partial charge is 0.303 e. The van der Waals surface area contributed by atoms with Gasteiger partial charge in [-0.2, -0.15) is 0 Å². The van der Waals surface area contributed by atoms with Crippen LogP contribution in [-0.2, 0) is 14.3 Å². The highest BCUT2D eigenvalue weighted by Crippen LogP contribution is 2.37. The predicted molar refractivity (Wildman–Crippen MR) is 114 cm³/mol. The fourth-order valence-corrected chi connectivity index (χ4v) is 4.49. The molecule has 1 unspecified atom stereocenters. The van der Waals surface area contributed by atoms with Crippen molar-refractivity contribution in [3.63, 3.8) is 0 Å². The van der Waals surface area contributed by atoms with Gasteiger partial charge >= 0.3 is 5.97 Å². The molecule has 0 aromatic heterocycles. The summed E-state index contributed by atoms with van der Waals surface area (Å²) in [5.74, 6) is 3.79. The van der Waals surface area contributed by atoms with E-state index in [1.54, 1.807) is 42.7 Å². The molecule has 8 heteroatoms. The van der Waals surface area contributed by atoms with Crippen molar-refractivity contribution >= 4 is 35.6 Å². The molecule has 3 amide bonds. The fourth-order valence-electron chi connectivity index (χ4n) is 3.73. The molecule has 0 spiro atoms. The standard InChI is InChI=1S/C23H18N2O5S/c1-14(26)30-18(13-12-15-8-4-3-5-9-15)19-20(23(29)25(19)31-2)24-21(27)16-10-6-7-11-17(16)22(24)28/h3-11,18-20H,1-2H3/t18?,19-,20+/m0/s1. The topological polar surface area (TPSA) is 84.0 Å². The molecule has 0 radical (unpaired) electrons. The van der Waals surface area contributed by atoms with Crippen LogP contribution in [0.25, 0.3) is 0 Å². The summed E-state index contributed by atoms with van der Waals surface area (Å²) >= 11 is 1.13. The Kier molecular flexibility index (Phi) is 5.53. The number of esters is 1. The molecule has 2 aromatic carbocycles. The summed E-state index contributed by atoms with van der Waals surface area (Å²) in [6.07, 6.45) is 0.677. The first-order valence-corrected chi connectivity index (χ1v) is 10.7. The molecule has 7 nitrogen and oxygen atoms in total. The Balaban J connectivity index is 1.71. The van der Waals surface area contributed by atoms with Crippen molar-refractivity contribution in [1.29, 1.82) is 0 Å². The van der Waals surface area contributed by atoms with E-state index >= 15 is 0 Å². The SMILES string of the molecule is CSN1C(=O)[C@H](N2C(=O)c3ccccc3C2=O)[C@@H]1C(C#Cc1ccccc1)OC(C)=O. The monoisotopic (exact) mass is 434 g/mol. The molecule has 156 valence electrons. The summed E-state index contributed by atoms with van der Waals surface area (Å²) in [5.41, 5.74) is 1.21. The van der Waals surface area contributed by atoms with Gasteiger partial charge in [0.05, 0.1) is 11.1 Å². The molecule has 0 aliphatic carbocycles. The molecule has 2 aliphatic heterocycles. The Labute approximate surface area is 183 Å². The average molecular weight is 434 g/mol. The van der Waals surface area contributed by atoms with Crippen LogP contribution in [0.5, 0.6) is 0 Å². The minimum atomic E-state index is -1.10. The van der Waals surface area contributed by atoms with Crippen molar-refractivity contribution in [3.8, 4) is 11.8 Å². The second-order valence-electron chi connectivity index (χ2n) is 6.97. The zero-order valence-corrected chi connectivity index (χ0v) is 17.6. The normalized spacial score (nSPS) is 20.5. The number of benzene rings is 2. The van der Waals surface area contributed by atoms with E-state index in [0.29, 0.717) is 5.56 Å². The highest BCUT2D eigenvalue weighted by Gasteiger charge is 2.59. The molecule has 2 aromatic rings. The van der Waals surface area contributed by atoms with Gasteiger partial charge in [-0.3, -0.25) is 28.4 Å². The van der Waals surface area contributed by atoms with Crippen molar-refractivity contribution in [1.82, 2.24) is 9.21 Å². The molecular formula is C23H18N2O5S. The molecule has 1 fully saturated rings. The molecule has 0 bridgehead atoms. The number of carbonyl (C=O) groups is 4. The zero-order valence-electron chi connectivity index (χ0n) is 16.8. The lowest BCUT2D eigenvalue weighted by molar-refractivity contribution is -0.159. The van der Waals surface area contributed by atoms with E-state index in [9.17, 15) is 19.2 Å². The van der Waals surface area contributed by atoms with Crippen molar-refractivity contribution in [2.24, 2.45) is 0 Å². The lowest BCUT2D eigenvalue weighted by atomic mass is 9.91. The number of ether oxygens (including phenoxy) is 1. The minimum Gasteiger partial charge on any atom is -0.447 e. The molecule has 2 aliphatic rings. The highest BCUT2D eigenvalue weighted by atomic mass is 32.2. The molecule has 0 N–H and O–H groups in total. The van der Waals surface area contributed by atoms with E-state index in [0.717, 1.165) is 16.8 Å². The maximum atomic E-state index is 12.9. The summed E-state index contributed by atoms with van der Waals surface area (Å²) < 4.78 is 6.82. The Bertz CT molecular complexity index is 1100. The van der Waals surface area contributed by atoms with Crippen LogP contribution in [0.3, 0.4) is 0 Å². The van der Waals surface area contributed by atoms with Crippen molar-refractivity contribution in [2.45, 2.75) is 25.1 Å². The molecule has 31 heavy (non-hydrogen) atoms. The van der Waals surface area contributed by atoms with Crippen LogP contribution in [0, 0.1) is 11.8 Å². The highest BCUT2D eigenvalue weighted by molar-refractivity contribution is 7.96. The summed E-state index contributed by atoms with van der Waals surface area (Å²) in [7, 11) is 0. The van der Waals surface area contributed by atoms with Gasteiger partial charge in [-0.05, 0) is 24.3 Å². The first-order chi connectivity index (χ1) is 14.9. The van der Waals surface area contributed by atoms with Gasteiger partial charge in [-0.1, -0.05) is 54.1 Å². The van der Waals surface area contributed by atoms with Crippen LogP contribution >= 0.6 is 11.9 Å². The third-order valence-corrected chi connectivity index (χ3v) is 5.92. The molecule has 4 rings (SSSR count). The molecule has 3 atom stereocenters. The van der Waals surface area contributed by atoms with Gasteiger partial charge in [0.25, 0.3) is 17.7 Å². The van der Waals surface area contributed by atoms with E-state index in [1.165, 1.54) is 11.2 Å². The molecule has 0 saturated carbocycles. The molecule has 1 saturated heterocycles. The van der Waals surface area contributed by atoms with E-state index in [-0.39, 0.29) is 11.1 Å². The van der Waals surface area contributed by atoms with Crippen LogP contribution in [-0.4, -0.2) is 57.3 Å². The number of amides is 3. The first kappa shape index (κ1) is 20.7. The number of fused-ring (bicyclic) bond motifs is 1. The zero-order chi connectivity index (χ0) is 22.1. The Morgan fingerprint density at radius 1 is 1.00 bits per heavy atom. The summed E-state index contributed by atoms with van der Waals surface area (Å²) in [6.45, 7) is 1.25. The van der Waals surface area contributed by atoms with E-state index in [4.69, 9.17) is 4.74 Å². The van der Waals surface area contributed by atoms with Crippen LogP contribution in [0.1, 0.15) is 33.2 Å². The van der Waals surface area contributed by atoms with Crippen molar-refractivity contribution < 1.29 is 23.9 Å². The number of β-lactam (4-membered cyclic amide) rings is 1. The van der Waals surface area contributed by atoms with Crippen LogP contribution in [0.4, 0.5) is 0 Å². The van der Waals surface area contributed by atoms with Crippen LogP contribution < -0.4 is 0 Å². The molecule has 2 heterocycles. The fraction of sp³-hybridized carbons (Fsp3) is 0.217. The van der Waals surface area contributed by atoms with Crippen LogP contribution in [0.2, 0.25) is 0 Å². The van der Waals surface area contributed by atoms with Gasteiger partial charge in [-0.25, -0.2) is 0 Å². The molecular weight excluding hydrogens is 416 g/mol. The predicted octanol–water partition coefficient (Wildman–Crippen LogP) is 2.12. The lowest BCUT2D eigenvalue weighted by Gasteiger charge is -2.49. The minimum absolute atomic E-state index is 0.251. The number of hydrogen-bond donors (Lipinski definition) is 0. The summed E-state index contributed by atoms with van der Waals surface area (Å²) in [6, 6.07) is 13.7. The Morgan fingerprint density at radius 3 is 2.13 bits per heavy atom. The van der Waals surface area contributed by atoms with E-state index < -0.39 is 41.9 Å². The summed E-state index contributed by atoms with van der Waals surface area (Å²) in [5, 5.41) is 0. The quantitative estimate of drug-likeness (QED) is 0.241. The number of carbonyl (C=O) groups excluding carboxylic acids is 4. The van der Waals surface area contributed by atoms with Crippen LogP contribution in [0.15, 0.2) is 54.6 Å². The van der Waals surface area contributed by atoms with Gasteiger partial charge < -0.3 is 4.74 Å². The largest absolute Gasteiger partial charge is 0.447 e. The van der Waals surface area contributed by atoms with Gasteiger partial charge in [-0.15, -0.1) is 0 Å². The second kappa shape index (κ2) is 8.28. The Morgan fingerprint density at radius 2 is 1.58 bits per heavy atom. The van der Waals surface area contributed by atoms with Gasteiger partial charge in [0.1, 0.15) is 12.1 Å². The van der Waals surface area contributed by atoms with Crippen molar-refractivity contribution in [3.05, 3.63) is 71.3 Å². The third kappa shape index (κ3) is 3.57. The number of rotatable bonds is 4. The average Bonchev–Trinajstić information content (AvgIpc) is 3.01. The van der Waals surface area contributed by atoms with Gasteiger partial charge in [0, 0.05) is 18.7 Å². The van der Waals surface area contributed by atoms with Crippen molar-refractivity contribution in [2.75, 3.05) is 6.26 Å². The lowest BCUT2D eigenvalue weighted by Crippen LogP contribution is -2.72. The third-order valence-electron chi connectivity index (χ3n) is 5.10.